The summed E-state index contributed by atoms with van der Waals surface area (Å²) >= 11 is 0. The first-order valence-corrected chi connectivity index (χ1v) is 7.58. The van der Waals surface area contributed by atoms with E-state index >= 15 is 0 Å². The molecule has 0 bridgehead atoms. The number of hydrogen-bond donors (Lipinski definition) is 1. The summed E-state index contributed by atoms with van der Waals surface area (Å²) in [6, 6.07) is 8.70. The lowest BCUT2D eigenvalue weighted by molar-refractivity contribution is 0.373. The van der Waals surface area contributed by atoms with Gasteiger partial charge in [-0.2, -0.15) is 0 Å². The number of benzene rings is 1. The Morgan fingerprint density at radius 2 is 1.85 bits per heavy atom. The summed E-state index contributed by atoms with van der Waals surface area (Å²) in [6.07, 6.45) is 2.85. The summed E-state index contributed by atoms with van der Waals surface area (Å²) < 4.78 is 0. The van der Waals surface area contributed by atoms with Gasteiger partial charge in [-0.05, 0) is 31.9 Å². The first kappa shape index (κ1) is 14.9. The monoisotopic (exact) mass is 271 g/mol. The largest absolute Gasteiger partial charge is 0.314 e. The van der Waals surface area contributed by atoms with Crippen LogP contribution >= 0.6 is 0 Å². The summed E-state index contributed by atoms with van der Waals surface area (Å²) in [5.41, 5.74) is 2.20. The van der Waals surface area contributed by atoms with Crippen molar-refractivity contribution in [3.63, 3.8) is 0 Å². The molecular formula is C17H25N3. The second-order valence-corrected chi connectivity index (χ2v) is 5.79. The summed E-state index contributed by atoms with van der Waals surface area (Å²) in [5.74, 6) is 0.933. The van der Waals surface area contributed by atoms with Crippen LogP contribution in [0.2, 0.25) is 0 Å². The van der Waals surface area contributed by atoms with E-state index < -0.39 is 0 Å². The Morgan fingerprint density at radius 3 is 2.55 bits per heavy atom. The van der Waals surface area contributed by atoms with Gasteiger partial charge in [-0.1, -0.05) is 39.0 Å². The minimum Gasteiger partial charge on any atom is -0.314 e. The fourth-order valence-electron chi connectivity index (χ4n) is 2.92. The van der Waals surface area contributed by atoms with E-state index in [0.717, 1.165) is 18.5 Å². The van der Waals surface area contributed by atoms with E-state index in [2.05, 4.69) is 61.2 Å². The molecule has 1 N–H and O–H groups in total. The minimum absolute atomic E-state index is 0.398. The molecule has 108 valence electrons. The quantitative estimate of drug-likeness (QED) is 0.869. The summed E-state index contributed by atoms with van der Waals surface area (Å²) in [4.78, 5) is 8.98. The average molecular weight is 271 g/mol. The van der Waals surface area contributed by atoms with Crippen molar-refractivity contribution < 1.29 is 0 Å². The zero-order chi connectivity index (χ0) is 14.5. The van der Waals surface area contributed by atoms with Gasteiger partial charge >= 0.3 is 0 Å². The maximum absolute atomic E-state index is 4.61. The van der Waals surface area contributed by atoms with Crippen LogP contribution in [-0.2, 0) is 0 Å². The van der Waals surface area contributed by atoms with E-state index in [1.165, 1.54) is 11.1 Å². The first-order chi connectivity index (χ1) is 9.65. The second-order valence-electron chi connectivity index (χ2n) is 5.79. The Hall–Kier alpha value is -1.48. The highest BCUT2D eigenvalue weighted by atomic mass is 14.9. The third kappa shape index (κ3) is 3.15. The Morgan fingerprint density at radius 1 is 1.10 bits per heavy atom. The highest BCUT2D eigenvalue weighted by Gasteiger charge is 2.25. The van der Waals surface area contributed by atoms with Gasteiger partial charge in [0.25, 0.3) is 0 Å². The summed E-state index contributed by atoms with van der Waals surface area (Å²) in [6.45, 7) is 10.0. The Bertz CT molecular complexity index is 545. The molecule has 0 aliphatic rings. The number of aromatic nitrogens is 2. The van der Waals surface area contributed by atoms with Crippen LogP contribution in [0, 0.1) is 5.92 Å². The van der Waals surface area contributed by atoms with E-state index in [4.69, 9.17) is 0 Å². The van der Waals surface area contributed by atoms with E-state index in [1.807, 2.05) is 6.07 Å². The first-order valence-electron chi connectivity index (χ1n) is 7.58. The van der Waals surface area contributed by atoms with Crippen molar-refractivity contribution in [1.82, 2.24) is 15.3 Å². The van der Waals surface area contributed by atoms with Gasteiger partial charge in [-0.15, -0.1) is 0 Å². The lowest BCUT2D eigenvalue weighted by atomic mass is 9.84. The van der Waals surface area contributed by atoms with Gasteiger partial charge < -0.3 is 5.32 Å². The maximum atomic E-state index is 4.61. The molecule has 0 radical (unpaired) electrons. The molecule has 2 unspecified atom stereocenters. The molecular weight excluding hydrogens is 246 g/mol. The molecule has 0 spiro atoms. The van der Waals surface area contributed by atoms with Gasteiger partial charge in [0.15, 0.2) is 0 Å². The van der Waals surface area contributed by atoms with Crippen LogP contribution in [0.15, 0.2) is 30.6 Å². The number of para-hydroxylation sites is 1. The molecule has 0 aliphatic heterocycles. The summed E-state index contributed by atoms with van der Waals surface area (Å²) in [7, 11) is 0. The van der Waals surface area contributed by atoms with Crippen LogP contribution in [-0.4, -0.2) is 22.6 Å². The molecule has 2 atom stereocenters. The third-order valence-corrected chi connectivity index (χ3v) is 3.86. The Labute approximate surface area is 121 Å². The van der Waals surface area contributed by atoms with E-state index in [1.54, 1.807) is 6.33 Å². The van der Waals surface area contributed by atoms with Gasteiger partial charge in [-0.25, -0.2) is 9.97 Å². The zero-order valence-corrected chi connectivity index (χ0v) is 12.9. The maximum Gasteiger partial charge on any atom is 0.116 e. The third-order valence-electron chi connectivity index (χ3n) is 3.86. The SMILES string of the molecule is CCCNC(C)C(c1ncnc2ccccc12)C(C)C. The predicted molar refractivity (Wildman–Crippen MR) is 84.9 cm³/mol. The van der Waals surface area contributed by atoms with Crippen molar-refractivity contribution >= 4 is 10.9 Å². The van der Waals surface area contributed by atoms with Gasteiger partial charge in [0.1, 0.15) is 6.33 Å². The van der Waals surface area contributed by atoms with Gasteiger partial charge in [-0.3, -0.25) is 0 Å². The highest BCUT2D eigenvalue weighted by Crippen LogP contribution is 2.30. The van der Waals surface area contributed by atoms with Gasteiger partial charge in [0.05, 0.1) is 11.2 Å². The molecule has 20 heavy (non-hydrogen) atoms. The molecule has 0 aliphatic carbocycles. The number of fused-ring (bicyclic) bond motifs is 1. The highest BCUT2D eigenvalue weighted by molar-refractivity contribution is 5.81. The van der Waals surface area contributed by atoms with Crippen molar-refractivity contribution in [1.29, 1.82) is 0 Å². The molecule has 1 aromatic heterocycles. The smallest absolute Gasteiger partial charge is 0.116 e. The average Bonchev–Trinajstić information content (AvgIpc) is 2.45. The molecule has 3 nitrogen and oxygen atoms in total. The number of nitrogens with one attached hydrogen (secondary N) is 1. The van der Waals surface area contributed by atoms with E-state index in [0.29, 0.717) is 17.9 Å². The van der Waals surface area contributed by atoms with Gasteiger partial charge in [0.2, 0.25) is 0 Å². The molecule has 1 aromatic carbocycles. The topological polar surface area (TPSA) is 37.8 Å². The normalized spacial score (nSPS) is 14.7. The Balaban J connectivity index is 2.41. The van der Waals surface area contributed by atoms with Crippen molar-refractivity contribution in [3.8, 4) is 0 Å². The van der Waals surface area contributed by atoms with Crippen LogP contribution in [0.1, 0.15) is 45.7 Å². The molecule has 2 rings (SSSR count). The molecule has 3 heteroatoms. The van der Waals surface area contributed by atoms with Crippen molar-refractivity contribution in [2.24, 2.45) is 5.92 Å². The Kier molecular flexibility index (Phi) is 5.07. The van der Waals surface area contributed by atoms with Crippen molar-refractivity contribution in [2.75, 3.05) is 6.54 Å². The lowest BCUT2D eigenvalue weighted by Crippen LogP contribution is -2.35. The van der Waals surface area contributed by atoms with Crippen LogP contribution in [0.4, 0.5) is 0 Å². The fourth-order valence-corrected chi connectivity index (χ4v) is 2.92. The van der Waals surface area contributed by atoms with Crippen LogP contribution in [0.5, 0.6) is 0 Å². The molecule has 0 saturated heterocycles. The molecule has 2 aromatic rings. The zero-order valence-electron chi connectivity index (χ0n) is 12.9. The molecule has 0 amide bonds. The van der Waals surface area contributed by atoms with Crippen molar-refractivity contribution in [3.05, 3.63) is 36.3 Å². The minimum atomic E-state index is 0.398. The second kappa shape index (κ2) is 6.80. The summed E-state index contributed by atoms with van der Waals surface area (Å²) in [5, 5.41) is 4.80. The molecule has 0 saturated carbocycles. The van der Waals surface area contributed by atoms with Gasteiger partial charge in [0, 0.05) is 17.3 Å². The number of rotatable bonds is 6. The van der Waals surface area contributed by atoms with Crippen LogP contribution in [0.25, 0.3) is 10.9 Å². The van der Waals surface area contributed by atoms with E-state index in [9.17, 15) is 0 Å². The number of hydrogen-bond acceptors (Lipinski definition) is 3. The standard InChI is InChI=1S/C17H25N3/c1-5-10-18-13(4)16(12(2)3)17-14-8-6-7-9-15(14)19-11-20-17/h6-9,11-13,16,18H,5,10H2,1-4H3. The molecule has 1 heterocycles. The number of nitrogens with zero attached hydrogens (tertiary/aromatic N) is 2. The molecule has 0 fully saturated rings. The van der Waals surface area contributed by atoms with E-state index in [-0.39, 0.29) is 0 Å². The van der Waals surface area contributed by atoms with Crippen molar-refractivity contribution in [2.45, 2.75) is 46.1 Å². The predicted octanol–water partition coefficient (Wildman–Crippen LogP) is 3.76. The fraction of sp³-hybridized carbons (Fsp3) is 0.529. The van der Waals surface area contributed by atoms with Crippen LogP contribution < -0.4 is 5.32 Å². The lowest BCUT2D eigenvalue weighted by Gasteiger charge is -2.28. The van der Waals surface area contributed by atoms with Crippen LogP contribution in [0.3, 0.4) is 0 Å².